The summed E-state index contributed by atoms with van der Waals surface area (Å²) in [6.45, 7) is 3.72. The summed E-state index contributed by atoms with van der Waals surface area (Å²) in [5.74, 6) is 0. The highest BCUT2D eigenvalue weighted by Crippen LogP contribution is 2.32. The lowest BCUT2D eigenvalue weighted by molar-refractivity contribution is -0.137. The quantitative estimate of drug-likeness (QED) is 0.702. The van der Waals surface area contributed by atoms with Gasteiger partial charge in [-0.2, -0.15) is 13.2 Å². The molecule has 1 saturated heterocycles. The maximum absolute atomic E-state index is 12.8. The van der Waals surface area contributed by atoms with Crippen LogP contribution in [0.1, 0.15) is 11.3 Å². The first-order valence-electron chi connectivity index (χ1n) is 8.58. The maximum atomic E-state index is 12.8. The third-order valence-corrected chi connectivity index (χ3v) is 4.52. The topological polar surface area (TPSA) is 51.1 Å². The van der Waals surface area contributed by atoms with Gasteiger partial charge >= 0.3 is 6.18 Å². The zero-order valence-electron chi connectivity index (χ0n) is 14.4. The van der Waals surface area contributed by atoms with Crippen molar-refractivity contribution in [1.82, 2.24) is 19.9 Å². The van der Waals surface area contributed by atoms with Gasteiger partial charge in [-0.25, -0.2) is 4.98 Å². The lowest BCUT2D eigenvalue weighted by Crippen LogP contribution is -2.35. The molecule has 0 radical (unpaired) electrons. The summed E-state index contributed by atoms with van der Waals surface area (Å²) in [6, 6.07) is 5.02. The number of rotatable bonds is 3. The second-order valence-corrected chi connectivity index (χ2v) is 6.38. The van der Waals surface area contributed by atoms with Gasteiger partial charge in [0.2, 0.25) is 0 Å². The summed E-state index contributed by atoms with van der Waals surface area (Å²) in [6.07, 6.45) is 0.573. The van der Waals surface area contributed by atoms with Crippen molar-refractivity contribution in [2.75, 3.05) is 26.3 Å². The van der Waals surface area contributed by atoms with Crippen molar-refractivity contribution in [3.05, 3.63) is 54.1 Å². The summed E-state index contributed by atoms with van der Waals surface area (Å²) in [4.78, 5) is 15.5. The Morgan fingerprint density at radius 1 is 1.00 bits per heavy atom. The SMILES string of the molecule is FC(F)(F)c1ccc(-c2cncc3ncc(CN4CCOCC4)nc23)cc1. The third kappa shape index (κ3) is 3.91. The second-order valence-electron chi connectivity index (χ2n) is 6.38. The smallest absolute Gasteiger partial charge is 0.379 e. The van der Waals surface area contributed by atoms with Crippen molar-refractivity contribution >= 4 is 11.0 Å². The zero-order chi connectivity index (χ0) is 18.9. The van der Waals surface area contributed by atoms with Crippen molar-refractivity contribution < 1.29 is 17.9 Å². The van der Waals surface area contributed by atoms with Crippen molar-refractivity contribution in [2.45, 2.75) is 12.7 Å². The molecule has 27 heavy (non-hydrogen) atoms. The highest BCUT2D eigenvalue weighted by Gasteiger charge is 2.30. The van der Waals surface area contributed by atoms with Gasteiger partial charge in [0.1, 0.15) is 5.52 Å². The molecule has 1 aliphatic rings. The summed E-state index contributed by atoms with van der Waals surface area (Å²) in [7, 11) is 0. The van der Waals surface area contributed by atoms with E-state index in [0.29, 0.717) is 41.9 Å². The van der Waals surface area contributed by atoms with Gasteiger partial charge in [-0.3, -0.25) is 14.9 Å². The van der Waals surface area contributed by atoms with E-state index in [0.717, 1.165) is 30.9 Å². The van der Waals surface area contributed by atoms with Crippen LogP contribution in [0.15, 0.2) is 42.9 Å². The number of morpholine rings is 1. The summed E-state index contributed by atoms with van der Waals surface area (Å²) in [5.41, 5.74) is 2.66. The minimum absolute atomic E-state index is 0.609. The highest BCUT2D eigenvalue weighted by atomic mass is 19.4. The fourth-order valence-electron chi connectivity index (χ4n) is 3.09. The molecular weight excluding hydrogens is 357 g/mol. The number of nitrogens with zero attached hydrogens (tertiary/aromatic N) is 4. The minimum atomic E-state index is -4.36. The predicted molar refractivity (Wildman–Crippen MR) is 93.9 cm³/mol. The summed E-state index contributed by atoms with van der Waals surface area (Å²) >= 11 is 0. The van der Waals surface area contributed by atoms with Gasteiger partial charge in [0.15, 0.2) is 0 Å². The Balaban J connectivity index is 1.68. The van der Waals surface area contributed by atoms with Crippen LogP contribution in [0.3, 0.4) is 0 Å². The Kier molecular flexibility index (Phi) is 4.75. The van der Waals surface area contributed by atoms with Crippen molar-refractivity contribution in [3.8, 4) is 11.1 Å². The molecule has 0 atom stereocenters. The molecule has 0 unspecified atom stereocenters. The Labute approximate surface area is 153 Å². The molecule has 2 aromatic heterocycles. The molecule has 3 heterocycles. The number of hydrogen-bond donors (Lipinski definition) is 0. The number of halogens is 3. The molecule has 8 heteroatoms. The first-order valence-corrected chi connectivity index (χ1v) is 8.58. The van der Waals surface area contributed by atoms with Gasteiger partial charge in [-0.1, -0.05) is 12.1 Å². The van der Waals surface area contributed by atoms with Crippen LogP contribution in [0.2, 0.25) is 0 Å². The monoisotopic (exact) mass is 374 g/mol. The molecule has 1 aliphatic heterocycles. The van der Waals surface area contributed by atoms with Gasteiger partial charge in [0, 0.05) is 31.4 Å². The maximum Gasteiger partial charge on any atom is 0.416 e. The molecule has 0 aliphatic carbocycles. The lowest BCUT2D eigenvalue weighted by atomic mass is 10.0. The van der Waals surface area contributed by atoms with Crippen LogP contribution in [0.4, 0.5) is 13.2 Å². The van der Waals surface area contributed by atoms with Crippen LogP contribution in [-0.4, -0.2) is 46.2 Å². The van der Waals surface area contributed by atoms with E-state index in [4.69, 9.17) is 9.72 Å². The van der Waals surface area contributed by atoms with Crippen LogP contribution in [-0.2, 0) is 17.5 Å². The standard InChI is InChI=1S/C19H17F3N4O/c20-19(21,22)14-3-1-13(2-4-14)16-10-23-11-17-18(16)25-15(9-24-17)12-26-5-7-27-8-6-26/h1-4,9-11H,5-8,12H2. The van der Waals surface area contributed by atoms with Crippen molar-refractivity contribution in [1.29, 1.82) is 0 Å². The Morgan fingerprint density at radius 3 is 2.44 bits per heavy atom. The van der Waals surface area contributed by atoms with E-state index in [9.17, 15) is 13.2 Å². The Bertz CT molecular complexity index is 938. The molecular formula is C19H17F3N4O. The highest BCUT2D eigenvalue weighted by molar-refractivity contribution is 5.90. The predicted octanol–water partition coefficient (Wildman–Crippen LogP) is 3.54. The first-order chi connectivity index (χ1) is 13.0. The fraction of sp³-hybridized carbons (Fsp3) is 0.316. The van der Waals surface area contributed by atoms with E-state index in [1.807, 2.05) is 0 Å². The van der Waals surface area contributed by atoms with Crippen LogP contribution in [0, 0.1) is 0 Å². The van der Waals surface area contributed by atoms with E-state index in [1.54, 1.807) is 18.6 Å². The largest absolute Gasteiger partial charge is 0.416 e. The molecule has 4 rings (SSSR count). The van der Waals surface area contributed by atoms with Crippen LogP contribution in [0.25, 0.3) is 22.2 Å². The summed E-state index contributed by atoms with van der Waals surface area (Å²) < 4.78 is 43.8. The number of ether oxygens (including phenoxy) is 1. The van der Waals surface area contributed by atoms with Crippen molar-refractivity contribution in [2.24, 2.45) is 0 Å². The van der Waals surface area contributed by atoms with Crippen molar-refractivity contribution in [3.63, 3.8) is 0 Å². The van der Waals surface area contributed by atoms with E-state index in [-0.39, 0.29) is 0 Å². The van der Waals surface area contributed by atoms with E-state index >= 15 is 0 Å². The number of aromatic nitrogens is 3. The van der Waals surface area contributed by atoms with Crippen LogP contribution >= 0.6 is 0 Å². The normalized spacial score (nSPS) is 16.0. The number of hydrogen-bond acceptors (Lipinski definition) is 5. The molecule has 1 fully saturated rings. The number of alkyl halides is 3. The number of fused-ring (bicyclic) bond motifs is 1. The molecule has 1 aromatic carbocycles. The van der Waals surface area contributed by atoms with Crippen LogP contribution in [0.5, 0.6) is 0 Å². The number of benzene rings is 1. The average molecular weight is 374 g/mol. The summed E-state index contributed by atoms with van der Waals surface area (Å²) in [5, 5.41) is 0. The fourth-order valence-corrected chi connectivity index (χ4v) is 3.09. The molecule has 0 saturated carbocycles. The molecule has 0 amide bonds. The molecule has 5 nitrogen and oxygen atoms in total. The third-order valence-electron chi connectivity index (χ3n) is 4.52. The molecule has 0 bridgehead atoms. The Morgan fingerprint density at radius 2 is 1.74 bits per heavy atom. The zero-order valence-corrected chi connectivity index (χ0v) is 14.4. The van der Waals surface area contributed by atoms with Crippen LogP contribution < -0.4 is 0 Å². The molecule has 140 valence electrons. The van der Waals surface area contributed by atoms with E-state index in [1.165, 1.54) is 12.1 Å². The average Bonchev–Trinajstić information content (AvgIpc) is 2.68. The van der Waals surface area contributed by atoms with Gasteiger partial charge in [-0.15, -0.1) is 0 Å². The Hall–Kier alpha value is -2.58. The molecule has 3 aromatic rings. The van der Waals surface area contributed by atoms with E-state index in [2.05, 4.69) is 14.9 Å². The number of pyridine rings is 1. The second kappa shape index (κ2) is 7.21. The molecule has 0 spiro atoms. The van der Waals surface area contributed by atoms with Gasteiger partial charge in [-0.05, 0) is 17.7 Å². The van der Waals surface area contributed by atoms with Gasteiger partial charge in [0.05, 0.1) is 42.4 Å². The van der Waals surface area contributed by atoms with E-state index < -0.39 is 11.7 Å². The minimum Gasteiger partial charge on any atom is -0.379 e. The first kappa shape index (κ1) is 17.8. The molecule has 0 N–H and O–H groups in total. The van der Waals surface area contributed by atoms with Gasteiger partial charge in [0.25, 0.3) is 0 Å². The lowest BCUT2D eigenvalue weighted by Gasteiger charge is -2.26. The van der Waals surface area contributed by atoms with Gasteiger partial charge < -0.3 is 4.74 Å².